The van der Waals surface area contributed by atoms with E-state index in [-0.39, 0.29) is 12.1 Å². The number of rotatable bonds is 5. The second kappa shape index (κ2) is 6.24. The average molecular weight is 240 g/mol. The molecule has 0 aliphatic rings. The molecular weight excluding hydrogens is 220 g/mol. The third-order valence-electron chi connectivity index (χ3n) is 2.31. The zero-order chi connectivity index (χ0) is 12.8. The minimum absolute atomic E-state index is 0.00356. The van der Waals surface area contributed by atoms with Crippen LogP contribution in [0.3, 0.4) is 0 Å². The summed E-state index contributed by atoms with van der Waals surface area (Å²) in [5.74, 6) is 0. The largest absolute Gasteiger partial charge is 0.383 e. The third kappa shape index (κ3) is 4.44. The number of hydrogen-bond donors (Lipinski definition) is 1. The van der Waals surface area contributed by atoms with E-state index in [1.165, 1.54) is 0 Å². The summed E-state index contributed by atoms with van der Waals surface area (Å²) in [7, 11) is 5.22. The Morgan fingerprint density at radius 2 is 2.41 bits per heavy atom. The molecule has 0 aromatic carbocycles. The first-order valence-electron chi connectivity index (χ1n) is 5.51. The van der Waals surface area contributed by atoms with E-state index < -0.39 is 0 Å². The van der Waals surface area contributed by atoms with Gasteiger partial charge in [-0.15, -0.1) is 0 Å². The van der Waals surface area contributed by atoms with Crippen molar-refractivity contribution in [2.75, 3.05) is 20.8 Å². The molecule has 0 spiro atoms. The highest BCUT2D eigenvalue weighted by Crippen LogP contribution is 2.01. The summed E-state index contributed by atoms with van der Waals surface area (Å²) in [6.07, 6.45) is 3.64. The highest BCUT2D eigenvalue weighted by Gasteiger charge is 2.12. The lowest BCUT2D eigenvalue weighted by Gasteiger charge is -2.20. The molecule has 1 atom stereocenters. The molecule has 0 unspecified atom stereocenters. The number of nitrogens with one attached hydrogen (secondary N) is 1. The van der Waals surface area contributed by atoms with Crippen LogP contribution in [0.5, 0.6) is 0 Å². The Bertz CT molecular complexity index is 364. The maximum atomic E-state index is 11.8. The molecule has 0 saturated heterocycles. The lowest BCUT2D eigenvalue weighted by atomic mass is 10.3. The first-order chi connectivity index (χ1) is 8.02. The Morgan fingerprint density at radius 1 is 1.71 bits per heavy atom. The van der Waals surface area contributed by atoms with Crippen molar-refractivity contribution < 1.29 is 9.53 Å². The Morgan fingerprint density at radius 3 is 2.94 bits per heavy atom. The van der Waals surface area contributed by atoms with Crippen molar-refractivity contribution in [3.8, 4) is 0 Å². The van der Waals surface area contributed by atoms with Crippen LogP contribution in [0.4, 0.5) is 4.79 Å². The standard InChI is InChI=1S/C11H20N4O2/c1-9(8-17-4)13-11(16)14(2)6-10-5-12-15(3)7-10/h5,7,9H,6,8H2,1-4H3,(H,13,16)/t9-/m0/s1. The van der Waals surface area contributed by atoms with Gasteiger partial charge in [0.15, 0.2) is 0 Å². The summed E-state index contributed by atoms with van der Waals surface area (Å²) in [4.78, 5) is 13.4. The quantitative estimate of drug-likeness (QED) is 0.819. The maximum Gasteiger partial charge on any atom is 0.317 e. The van der Waals surface area contributed by atoms with Gasteiger partial charge in [-0.3, -0.25) is 4.68 Å². The Labute approximate surface area is 102 Å². The number of ether oxygens (including phenoxy) is 1. The molecule has 17 heavy (non-hydrogen) atoms. The fraction of sp³-hybridized carbons (Fsp3) is 0.636. The maximum absolute atomic E-state index is 11.8. The van der Waals surface area contributed by atoms with Crippen molar-refractivity contribution >= 4 is 6.03 Å². The fourth-order valence-corrected chi connectivity index (χ4v) is 1.51. The number of methoxy groups -OCH3 is 1. The molecule has 1 aromatic heterocycles. The summed E-state index contributed by atoms with van der Waals surface area (Å²) in [5.41, 5.74) is 1.00. The molecule has 1 heterocycles. The monoisotopic (exact) mass is 240 g/mol. The van der Waals surface area contributed by atoms with Gasteiger partial charge in [0.1, 0.15) is 0 Å². The van der Waals surface area contributed by atoms with Crippen LogP contribution in [0.1, 0.15) is 12.5 Å². The van der Waals surface area contributed by atoms with E-state index in [1.807, 2.05) is 20.2 Å². The average Bonchev–Trinajstić information content (AvgIpc) is 2.64. The van der Waals surface area contributed by atoms with Gasteiger partial charge >= 0.3 is 6.03 Å². The smallest absolute Gasteiger partial charge is 0.317 e. The van der Waals surface area contributed by atoms with Gasteiger partial charge in [-0.25, -0.2) is 4.79 Å². The zero-order valence-corrected chi connectivity index (χ0v) is 10.8. The molecule has 6 heteroatoms. The van der Waals surface area contributed by atoms with E-state index in [0.29, 0.717) is 13.2 Å². The van der Waals surface area contributed by atoms with Crippen LogP contribution in [-0.2, 0) is 18.3 Å². The van der Waals surface area contributed by atoms with Crippen LogP contribution < -0.4 is 5.32 Å². The number of urea groups is 1. The van der Waals surface area contributed by atoms with Gasteiger partial charge in [-0.1, -0.05) is 0 Å². The predicted octanol–water partition coefficient (Wildman–Crippen LogP) is 0.596. The van der Waals surface area contributed by atoms with Crippen molar-refractivity contribution in [3.05, 3.63) is 18.0 Å². The summed E-state index contributed by atoms with van der Waals surface area (Å²) in [6.45, 7) is 2.95. The van der Waals surface area contributed by atoms with E-state index >= 15 is 0 Å². The Balaban J connectivity index is 2.41. The van der Waals surface area contributed by atoms with E-state index in [0.717, 1.165) is 5.56 Å². The van der Waals surface area contributed by atoms with Gasteiger partial charge in [-0.2, -0.15) is 5.10 Å². The molecule has 0 bridgehead atoms. The third-order valence-corrected chi connectivity index (χ3v) is 2.31. The van der Waals surface area contributed by atoms with E-state index in [4.69, 9.17) is 4.74 Å². The van der Waals surface area contributed by atoms with Gasteiger partial charge in [0.25, 0.3) is 0 Å². The molecular formula is C11H20N4O2. The van der Waals surface area contributed by atoms with Crippen molar-refractivity contribution in [2.45, 2.75) is 19.5 Å². The Kier molecular flexibility index (Phi) is 4.96. The zero-order valence-electron chi connectivity index (χ0n) is 10.8. The fourth-order valence-electron chi connectivity index (χ4n) is 1.51. The summed E-state index contributed by atoms with van der Waals surface area (Å²) >= 11 is 0. The van der Waals surface area contributed by atoms with E-state index in [1.54, 1.807) is 29.9 Å². The number of carbonyl (C=O) groups excluding carboxylic acids is 1. The number of amides is 2. The Hall–Kier alpha value is -1.56. The van der Waals surface area contributed by atoms with Crippen molar-refractivity contribution in [2.24, 2.45) is 7.05 Å². The number of carbonyl (C=O) groups is 1. The van der Waals surface area contributed by atoms with Crippen LogP contribution in [-0.4, -0.2) is 47.5 Å². The predicted molar refractivity (Wildman–Crippen MR) is 64.5 cm³/mol. The molecule has 6 nitrogen and oxygen atoms in total. The summed E-state index contributed by atoms with van der Waals surface area (Å²) < 4.78 is 6.68. The van der Waals surface area contributed by atoms with Crippen LogP contribution in [0.2, 0.25) is 0 Å². The van der Waals surface area contributed by atoms with Gasteiger partial charge in [0.05, 0.1) is 25.4 Å². The van der Waals surface area contributed by atoms with Crippen LogP contribution in [0.15, 0.2) is 12.4 Å². The van der Waals surface area contributed by atoms with Crippen LogP contribution in [0.25, 0.3) is 0 Å². The first-order valence-corrected chi connectivity index (χ1v) is 5.51. The van der Waals surface area contributed by atoms with Crippen molar-refractivity contribution in [1.82, 2.24) is 20.0 Å². The molecule has 0 aliphatic carbocycles. The molecule has 1 rings (SSSR count). The molecule has 0 radical (unpaired) electrons. The van der Waals surface area contributed by atoms with Gasteiger partial charge in [0.2, 0.25) is 0 Å². The highest BCUT2D eigenvalue weighted by atomic mass is 16.5. The first kappa shape index (κ1) is 13.5. The minimum Gasteiger partial charge on any atom is -0.383 e. The molecule has 0 aliphatic heterocycles. The van der Waals surface area contributed by atoms with Crippen LogP contribution in [0, 0.1) is 0 Å². The SMILES string of the molecule is COC[C@H](C)NC(=O)N(C)Cc1cnn(C)c1. The van der Waals surface area contributed by atoms with E-state index in [9.17, 15) is 4.79 Å². The van der Waals surface area contributed by atoms with Crippen LogP contribution >= 0.6 is 0 Å². The lowest BCUT2D eigenvalue weighted by molar-refractivity contribution is 0.162. The second-order valence-corrected chi connectivity index (χ2v) is 4.18. The van der Waals surface area contributed by atoms with Crippen molar-refractivity contribution in [1.29, 1.82) is 0 Å². The highest BCUT2D eigenvalue weighted by molar-refractivity contribution is 5.74. The van der Waals surface area contributed by atoms with Gasteiger partial charge < -0.3 is 15.0 Å². The van der Waals surface area contributed by atoms with Crippen molar-refractivity contribution in [3.63, 3.8) is 0 Å². The molecule has 1 aromatic rings. The molecule has 0 fully saturated rings. The van der Waals surface area contributed by atoms with Gasteiger partial charge in [-0.05, 0) is 6.92 Å². The number of aryl methyl sites for hydroxylation is 1. The topological polar surface area (TPSA) is 59.4 Å². The minimum atomic E-state index is -0.113. The second-order valence-electron chi connectivity index (χ2n) is 4.18. The summed E-state index contributed by atoms with van der Waals surface area (Å²) in [6, 6.07) is -0.109. The lowest BCUT2D eigenvalue weighted by Crippen LogP contribution is -2.43. The molecule has 1 N–H and O–H groups in total. The normalized spacial score (nSPS) is 12.2. The number of hydrogen-bond acceptors (Lipinski definition) is 3. The number of aromatic nitrogens is 2. The molecule has 0 saturated carbocycles. The molecule has 96 valence electrons. The van der Waals surface area contributed by atoms with Gasteiger partial charge in [0, 0.05) is 33.0 Å². The number of nitrogens with zero attached hydrogens (tertiary/aromatic N) is 3. The van der Waals surface area contributed by atoms with E-state index in [2.05, 4.69) is 10.4 Å². The molecule has 2 amide bonds. The summed E-state index contributed by atoms with van der Waals surface area (Å²) in [5, 5.41) is 6.90.